The third-order valence-electron chi connectivity index (χ3n) is 5.53. The monoisotopic (exact) mass is 547 g/mol. The molecule has 0 aromatic carbocycles. The van der Waals surface area contributed by atoms with Crippen molar-refractivity contribution in [3.05, 3.63) is 47.6 Å². The van der Waals surface area contributed by atoms with Crippen molar-refractivity contribution in [2.75, 3.05) is 37.0 Å². The molecule has 4 rings (SSSR count). The van der Waals surface area contributed by atoms with Crippen molar-refractivity contribution in [1.82, 2.24) is 19.3 Å². The SMILES string of the molecule is COC[C@H](NC(=O)c1ccn(S(=O)[O-])c1)C(=O)Nc1nc(-c2cccc(N3CC(C)OC(C)C3)n2)cs1. The van der Waals surface area contributed by atoms with E-state index < -0.39 is 29.1 Å². The highest BCUT2D eigenvalue weighted by Gasteiger charge is 2.25. The normalized spacial score (nSPS) is 19.3. The molecular weight excluding hydrogens is 520 g/mol. The number of thiazole rings is 1. The molecule has 3 aromatic rings. The zero-order valence-electron chi connectivity index (χ0n) is 20.4. The number of anilines is 2. The lowest BCUT2D eigenvalue weighted by molar-refractivity contribution is -0.119. The molecule has 3 unspecified atom stereocenters. The standard InChI is InChI=1S/C23H28N6O6S2/c1-14-9-28(10-15(2)35-14)20-6-4-5-17(24-20)19-13-36-23(26-19)27-22(31)18(12-34-3)25-21(30)16-7-8-29(11-16)37(32)33/h4-8,11,13-15,18H,9-10,12H2,1-3H3,(H,25,30)(H,32,33)(H,26,27,31)/p-1/t14?,15?,18-/m0/s1. The van der Waals surface area contributed by atoms with E-state index in [1.54, 1.807) is 5.38 Å². The molecule has 4 heterocycles. The highest BCUT2D eigenvalue weighted by Crippen LogP contribution is 2.26. The smallest absolute Gasteiger partial charge is 0.253 e. The molecule has 2 N–H and O–H groups in total. The van der Waals surface area contributed by atoms with Gasteiger partial charge in [0.2, 0.25) is 0 Å². The molecule has 37 heavy (non-hydrogen) atoms. The van der Waals surface area contributed by atoms with Crippen LogP contribution in [0.1, 0.15) is 24.2 Å². The Morgan fingerprint density at radius 3 is 2.68 bits per heavy atom. The maximum atomic E-state index is 12.9. The summed E-state index contributed by atoms with van der Waals surface area (Å²) in [5.41, 5.74) is 1.36. The number of nitrogens with one attached hydrogen (secondary N) is 2. The number of amides is 2. The summed E-state index contributed by atoms with van der Waals surface area (Å²) >= 11 is -1.30. The van der Waals surface area contributed by atoms with Gasteiger partial charge in [-0.2, -0.15) is 0 Å². The van der Waals surface area contributed by atoms with Crippen LogP contribution in [-0.4, -0.2) is 79.6 Å². The Morgan fingerprint density at radius 1 is 1.24 bits per heavy atom. The van der Waals surface area contributed by atoms with Crippen molar-refractivity contribution in [1.29, 1.82) is 0 Å². The van der Waals surface area contributed by atoms with E-state index >= 15 is 0 Å². The molecule has 1 fully saturated rings. The van der Waals surface area contributed by atoms with E-state index in [0.717, 1.165) is 29.1 Å². The van der Waals surface area contributed by atoms with Crippen molar-refractivity contribution in [2.24, 2.45) is 0 Å². The average Bonchev–Trinajstić information content (AvgIpc) is 3.54. The zero-order chi connectivity index (χ0) is 26.5. The van der Waals surface area contributed by atoms with Crippen molar-refractivity contribution in [3.63, 3.8) is 0 Å². The van der Waals surface area contributed by atoms with Crippen molar-refractivity contribution in [3.8, 4) is 11.4 Å². The van der Waals surface area contributed by atoms with Crippen LogP contribution in [0.5, 0.6) is 0 Å². The Bertz CT molecular complexity index is 1270. The summed E-state index contributed by atoms with van der Waals surface area (Å²) < 4.78 is 33.8. The van der Waals surface area contributed by atoms with Gasteiger partial charge in [-0.1, -0.05) is 6.07 Å². The number of ether oxygens (including phenoxy) is 2. The molecule has 1 aliphatic heterocycles. The highest BCUT2D eigenvalue weighted by atomic mass is 32.2. The van der Waals surface area contributed by atoms with Gasteiger partial charge in [-0.15, -0.1) is 11.3 Å². The summed E-state index contributed by atoms with van der Waals surface area (Å²) in [6.07, 6.45) is 2.58. The minimum absolute atomic E-state index is 0.0876. The first-order valence-corrected chi connectivity index (χ1v) is 13.4. The van der Waals surface area contributed by atoms with E-state index in [2.05, 4.69) is 20.5 Å². The van der Waals surface area contributed by atoms with Crippen LogP contribution in [0.15, 0.2) is 42.0 Å². The lowest BCUT2D eigenvalue weighted by Gasteiger charge is -2.36. The maximum Gasteiger partial charge on any atom is 0.253 e. The molecule has 0 spiro atoms. The Hall–Kier alpha value is -3.17. The van der Waals surface area contributed by atoms with E-state index in [9.17, 15) is 18.4 Å². The van der Waals surface area contributed by atoms with Gasteiger partial charge in [0.05, 0.1) is 41.3 Å². The van der Waals surface area contributed by atoms with Gasteiger partial charge >= 0.3 is 0 Å². The number of carbonyl (C=O) groups is 2. The van der Waals surface area contributed by atoms with Gasteiger partial charge in [-0.05, 0) is 32.0 Å². The molecule has 12 nitrogen and oxygen atoms in total. The molecule has 198 valence electrons. The Kier molecular flexibility index (Phi) is 8.66. The molecule has 0 saturated carbocycles. The fourth-order valence-electron chi connectivity index (χ4n) is 3.94. The number of rotatable bonds is 9. The van der Waals surface area contributed by atoms with Crippen LogP contribution in [0.25, 0.3) is 11.4 Å². The van der Waals surface area contributed by atoms with Crippen LogP contribution < -0.4 is 15.5 Å². The lowest BCUT2D eigenvalue weighted by atomic mass is 10.2. The molecule has 4 atom stereocenters. The lowest BCUT2D eigenvalue weighted by Crippen LogP contribution is -2.46. The number of carbonyl (C=O) groups excluding carboxylic acids is 2. The highest BCUT2D eigenvalue weighted by molar-refractivity contribution is 7.77. The minimum Gasteiger partial charge on any atom is -0.755 e. The van der Waals surface area contributed by atoms with Crippen LogP contribution in [0.3, 0.4) is 0 Å². The van der Waals surface area contributed by atoms with E-state index in [1.165, 1.54) is 30.7 Å². The van der Waals surface area contributed by atoms with Crippen molar-refractivity contribution < 1.29 is 27.8 Å². The molecule has 1 saturated heterocycles. The summed E-state index contributed by atoms with van der Waals surface area (Å²) in [5.74, 6) is -0.314. The topological polar surface area (TPSA) is 151 Å². The summed E-state index contributed by atoms with van der Waals surface area (Å²) in [4.78, 5) is 36.8. The second-order valence-electron chi connectivity index (χ2n) is 8.53. The Balaban J connectivity index is 1.42. The minimum atomic E-state index is -2.53. The number of nitrogens with zero attached hydrogens (tertiary/aromatic N) is 4. The third-order valence-corrected chi connectivity index (χ3v) is 6.86. The largest absolute Gasteiger partial charge is 0.755 e. The average molecular weight is 548 g/mol. The molecular formula is C23H27N6O6S2-. The van der Waals surface area contributed by atoms with Crippen molar-refractivity contribution in [2.45, 2.75) is 32.1 Å². The van der Waals surface area contributed by atoms with Crippen molar-refractivity contribution >= 4 is 45.4 Å². The molecule has 0 radical (unpaired) electrons. The van der Waals surface area contributed by atoms with Crippen LogP contribution in [-0.2, 0) is 25.5 Å². The van der Waals surface area contributed by atoms with Gasteiger partial charge in [0.15, 0.2) is 5.13 Å². The molecule has 0 bridgehead atoms. The number of hydrogen-bond acceptors (Lipinski definition) is 10. The molecule has 2 amide bonds. The van der Waals surface area contributed by atoms with Crippen LogP contribution >= 0.6 is 11.3 Å². The maximum absolute atomic E-state index is 12.9. The molecule has 0 aliphatic carbocycles. The number of pyridine rings is 1. The van der Waals surface area contributed by atoms with Crippen LogP contribution in [0.2, 0.25) is 0 Å². The van der Waals surface area contributed by atoms with E-state index in [4.69, 9.17) is 14.5 Å². The van der Waals surface area contributed by atoms with Gasteiger partial charge in [0.1, 0.15) is 17.6 Å². The second-order valence-corrected chi connectivity index (χ2v) is 10.2. The molecule has 1 aliphatic rings. The van der Waals surface area contributed by atoms with E-state index in [-0.39, 0.29) is 24.4 Å². The van der Waals surface area contributed by atoms with E-state index in [0.29, 0.717) is 16.5 Å². The summed E-state index contributed by atoms with van der Waals surface area (Å²) in [5, 5.41) is 7.39. The first kappa shape index (κ1) is 26.9. The molecule has 14 heteroatoms. The quantitative estimate of drug-likeness (QED) is 0.381. The molecule has 3 aromatic heterocycles. The Morgan fingerprint density at radius 2 is 2.00 bits per heavy atom. The van der Waals surface area contributed by atoms with Gasteiger partial charge in [-0.25, -0.2) is 9.97 Å². The van der Waals surface area contributed by atoms with Gasteiger partial charge in [-0.3, -0.25) is 17.8 Å². The second kappa shape index (κ2) is 11.9. The first-order valence-electron chi connectivity index (χ1n) is 11.4. The summed E-state index contributed by atoms with van der Waals surface area (Å²) in [6, 6.07) is 6.02. The van der Waals surface area contributed by atoms with E-state index in [1.807, 2.05) is 32.0 Å². The fourth-order valence-corrected chi connectivity index (χ4v) is 5.01. The predicted octanol–water partition coefficient (Wildman–Crippen LogP) is 1.65. The summed E-state index contributed by atoms with van der Waals surface area (Å²) in [7, 11) is 1.40. The predicted molar refractivity (Wildman–Crippen MR) is 138 cm³/mol. The number of hydrogen-bond donors (Lipinski definition) is 2. The van der Waals surface area contributed by atoms with Gasteiger partial charge in [0, 0.05) is 38.0 Å². The van der Waals surface area contributed by atoms with Crippen LogP contribution in [0.4, 0.5) is 10.9 Å². The van der Waals surface area contributed by atoms with Gasteiger partial charge < -0.3 is 29.6 Å². The third kappa shape index (κ3) is 6.78. The number of aromatic nitrogens is 3. The summed E-state index contributed by atoms with van der Waals surface area (Å²) in [6.45, 7) is 5.46. The van der Waals surface area contributed by atoms with Gasteiger partial charge in [0.25, 0.3) is 11.8 Å². The van der Waals surface area contributed by atoms with Crippen LogP contribution in [0, 0.1) is 0 Å². The number of morpholine rings is 1. The Labute approximate surface area is 220 Å². The zero-order valence-corrected chi connectivity index (χ0v) is 22.1. The number of methoxy groups -OCH3 is 1. The first-order chi connectivity index (χ1) is 17.7. The fraction of sp³-hybridized carbons (Fsp3) is 0.391.